The molecule has 0 aliphatic heterocycles. The second kappa shape index (κ2) is 5.75. The highest BCUT2D eigenvalue weighted by Gasteiger charge is 2.01. The Labute approximate surface area is 98.9 Å². The van der Waals surface area contributed by atoms with E-state index in [1.54, 1.807) is 0 Å². The standard InChI is InChI=1S/C11H16BrN3/c1-3-7-14-11(13)15-10-6-4-5-9(12)8(10)2/h4-6H,3,7H2,1-2H3,(H3,13,14,15). The average Bonchev–Trinajstić information content (AvgIpc) is 2.22. The predicted octanol–water partition coefficient (Wildman–Crippen LogP) is 2.89. The van der Waals surface area contributed by atoms with Crippen molar-refractivity contribution in [3.8, 4) is 0 Å². The van der Waals surface area contributed by atoms with Gasteiger partial charge < -0.3 is 11.1 Å². The fourth-order valence-corrected chi connectivity index (χ4v) is 1.52. The molecule has 0 aliphatic rings. The van der Waals surface area contributed by atoms with Gasteiger partial charge >= 0.3 is 0 Å². The van der Waals surface area contributed by atoms with Crippen LogP contribution in [0.15, 0.2) is 27.7 Å². The molecule has 0 bridgehead atoms. The number of aliphatic imine (C=N–C) groups is 1. The van der Waals surface area contributed by atoms with Gasteiger partial charge in [0.15, 0.2) is 5.96 Å². The molecule has 0 atom stereocenters. The number of nitrogens with one attached hydrogen (secondary N) is 1. The molecule has 3 N–H and O–H groups in total. The number of guanidine groups is 1. The van der Waals surface area contributed by atoms with Gasteiger partial charge in [0, 0.05) is 16.7 Å². The van der Waals surface area contributed by atoms with Crippen molar-refractivity contribution in [3.05, 3.63) is 28.2 Å². The van der Waals surface area contributed by atoms with Crippen LogP contribution in [0.5, 0.6) is 0 Å². The van der Waals surface area contributed by atoms with Crippen LogP contribution in [0.2, 0.25) is 0 Å². The van der Waals surface area contributed by atoms with Gasteiger partial charge in [-0.1, -0.05) is 28.9 Å². The molecular formula is C11H16BrN3. The van der Waals surface area contributed by atoms with Crippen molar-refractivity contribution in [3.63, 3.8) is 0 Å². The molecule has 0 fully saturated rings. The van der Waals surface area contributed by atoms with E-state index in [1.165, 1.54) is 0 Å². The maximum absolute atomic E-state index is 5.73. The van der Waals surface area contributed by atoms with Crippen LogP contribution in [-0.4, -0.2) is 12.5 Å². The van der Waals surface area contributed by atoms with Crippen molar-refractivity contribution in [1.82, 2.24) is 0 Å². The molecule has 1 aromatic rings. The Balaban J connectivity index is 2.76. The summed E-state index contributed by atoms with van der Waals surface area (Å²) in [5.74, 6) is 0.470. The topological polar surface area (TPSA) is 50.4 Å². The molecule has 0 aliphatic carbocycles. The Morgan fingerprint density at radius 1 is 1.53 bits per heavy atom. The third-order valence-corrected chi connectivity index (χ3v) is 2.90. The van der Waals surface area contributed by atoms with Gasteiger partial charge in [-0.15, -0.1) is 0 Å². The molecule has 82 valence electrons. The fraction of sp³-hybridized carbons (Fsp3) is 0.364. The van der Waals surface area contributed by atoms with E-state index in [0.29, 0.717) is 5.96 Å². The third kappa shape index (κ3) is 3.55. The summed E-state index contributed by atoms with van der Waals surface area (Å²) in [6, 6.07) is 5.95. The minimum Gasteiger partial charge on any atom is -0.370 e. The molecule has 3 nitrogen and oxygen atoms in total. The summed E-state index contributed by atoms with van der Waals surface area (Å²) in [5.41, 5.74) is 7.85. The van der Waals surface area contributed by atoms with Crippen LogP contribution in [0.4, 0.5) is 5.69 Å². The van der Waals surface area contributed by atoms with E-state index >= 15 is 0 Å². The monoisotopic (exact) mass is 269 g/mol. The quantitative estimate of drug-likeness (QED) is 0.655. The van der Waals surface area contributed by atoms with Gasteiger partial charge in [0.1, 0.15) is 0 Å². The van der Waals surface area contributed by atoms with E-state index in [0.717, 1.165) is 28.7 Å². The van der Waals surface area contributed by atoms with Gasteiger partial charge in [-0.2, -0.15) is 0 Å². The second-order valence-corrected chi connectivity index (χ2v) is 4.16. The number of hydrogen-bond acceptors (Lipinski definition) is 1. The zero-order chi connectivity index (χ0) is 11.3. The number of anilines is 1. The molecule has 0 amide bonds. The van der Waals surface area contributed by atoms with E-state index in [1.807, 2.05) is 25.1 Å². The molecular weight excluding hydrogens is 254 g/mol. The Morgan fingerprint density at radius 3 is 2.93 bits per heavy atom. The van der Waals surface area contributed by atoms with Crippen LogP contribution in [0.25, 0.3) is 0 Å². The first kappa shape index (κ1) is 12.0. The zero-order valence-corrected chi connectivity index (χ0v) is 10.6. The van der Waals surface area contributed by atoms with Gasteiger partial charge in [0.05, 0.1) is 0 Å². The number of hydrogen-bond donors (Lipinski definition) is 2. The average molecular weight is 270 g/mol. The summed E-state index contributed by atoms with van der Waals surface area (Å²) in [5, 5.41) is 3.08. The summed E-state index contributed by atoms with van der Waals surface area (Å²) in [7, 11) is 0. The molecule has 0 radical (unpaired) electrons. The zero-order valence-electron chi connectivity index (χ0n) is 9.05. The van der Waals surface area contributed by atoms with E-state index in [2.05, 4.69) is 33.2 Å². The highest BCUT2D eigenvalue weighted by Crippen LogP contribution is 2.23. The first-order chi connectivity index (χ1) is 7.15. The van der Waals surface area contributed by atoms with Crippen LogP contribution < -0.4 is 11.1 Å². The molecule has 0 unspecified atom stereocenters. The van der Waals surface area contributed by atoms with Gasteiger partial charge in [-0.05, 0) is 31.0 Å². The number of nitrogens with zero attached hydrogens (tertiary/aromatic N) is 1. The Hall–Kier alpha value is -1.03. The predicted molar refractivity (Wildman–Crippen MR) is 69.3 cm³/mol. The molecule has 4 heteroatoms. The summed E-state index contributed by atoms with van der Waals surface area (Å²) < 4.78 is 1.07. The van der Waals surface area contributed by atoms with Gasteiger partial charge in [-0.25, -0.2) is 0 Å². The molecule has 1 rings (SSSR count). The molecule has 0 saturated carbocycles. The van der Waals surface area contributed by atoms with Gasteiger partial charge in [-0.3, -0.25) is 4.99 Å². The maximum atomic E-state index is 5.73. The van der Waals surface area contributed by atoms with Crippen molar-refractivity contribution in [2.75, 3.05) is 11.9 Å². The molecule has 0 aromatic heterocycles. The fourth-order valence-electron chi connectivity index (χ4n) is 1.15. The first-order valence-electron chi connectivity index (χ1n) is 4.97. The number of halogens is 1. The third-order valence-electron chi connectivity index (χ3n) is 2.04. The van der Waals surface area contributed by atoms with Crippen LogP contribution in [0.1, 0.15) is 18.9 Å². The lowest BCUT2D eigenvalue weighted by molar-refractivity contribution is 0.929. The van der Waals surface area contributed by atoms with Crippen molar-refractivity contribution in [2.24, 2.45) is 10.7 Å². The minimum atomic E-state index is 0.470. The van der Waals surface area contributed by atoms with Crippen LogP contribution in [-0.2, 0) is 0 Å². The smallest absolute Gasteiger partial charge is 0.193 e. The van der Waals surface area contributed by atoms with Crippen LogP contribution in [0.3, 0.4) is 0 Å². The van der Waals surface area contributed by atoms with Gasteiger partial charge in [0.2, 0.25) is 0 Å². The lowest BCUT2D eigenvalue weighted by atomic mass is 10.2. The van der Waals surface area contributed by atoms with Crippen molar-refractivity contribution >= 4 is 27.6 Å². The Kier molecular flexibility index (Phi) is 4.62. The summed E-state index contributed by atoms with van der Waals surface area (Å²) in [6.07, 6.45) is 1.000. The van der Waals surface area contributed by atoms with Crippen molar-refractivity contribution in [2.45, 2.75) is 20.3 Å². The highest BCUT2D eigenvalue weighted by molar-refractivity contribution is 9.10. The van der Waals surface area contributed by atoms with E-state index < -0.39 is 0 Å². The molecule has 0 spiro atoms. The summed E-state index contributed by atoms with van der Waals surface area (Å²) in [6.45, 7) is 4.85. The normalized spacial score (nSPS) is 11.5. The van der Waals surface area contributed by atoms with E-state index in [4.69, 9.17) is 5.73 Å². The summed E-state index contributed by atoms with van der Waals surface area (Å²) >= 11 is 3.47. The second-order valence-electron chi connectivity index (χ2n) is 3.30. The summed E-state index contributed by atoms with van der Waals surface area (Å²) in [4.78, 5) is 4.18. The maximum Gasteiger partial charge on any atom is 0.193 e. The van der Waals surface area contributed by atoms with E-state index in [9.17, 15) is 0 Å². The van der Waals surface area contributed by atoms with Crippen molar-refractivity contribution < 1.29 is 0 Å². The van der Waals surface area contributed by atoms with Gasteiger partial charge in [0.25, 0.3) is 0 Å². The largest absolute Gasteiger partial charge is 0.370 e. The number of nitrogens with two attached hydrogens (primary N) is 1. The Morgan fingerprint density at radius 2 is 2.27 bits per heavy atom. The molecule has 15 heavy (non-hydrogen) atoms. The molecule has 0 saturated heterocycles. The highest BCUT2D eigenvalue weighted by atomic mass is 79.9. The molecule has 0 heterocycles. The molecule has 1 aromatic carbocycles. The lowest BCUT2D eigenvalue weighted by Gasteiger charge is -2.09. The SMILES string of the molecule is CCCN=C(N)Nc1cccc(Br)c1C. The van der Waals surface area contributed by atoms with Crippen LogP contribution >= 0.6 is 15.9 Å². The lowest BCUT2D eigenvalue weighted by Crippen LogP contribution is -2.23. The van der Waals surface area contributed by atoms with Crippen LogP contribution in [0, 0.1) is 6.92 Å². The van der Waals surface area contributed by atoms with E-state index in [-0.39, 0.29) is 0 Å². The minimum absolute atomic E-state index is 0.470. The number of rotatable bonds is 3. The van der Waals surface area contributed by atoms with Crippen molar-refractivity contribution in [1.29, 1.82) is 0 Å². The first-order valence-corrected chi connectivity index (χ1v) is 5.76. The number of benzene rings is 1. The Bertz CT molecular complexity index is 361.